The molecule has 0 amide bonds. The molecule has 30 heavy (non-hydrogen) atoms. The first kappa shape index (κ1) is 27.4. The van der Waals surface area contributed by atoms with Gasteiger partial charge in [-0.15, -0.1) is 0 Å². The fourth-order valence-corrected chi connectivity index (χ4v) is 2.73. The number of hydrogen-bond donors (Lipinski definition) is 6. The maximum atomic E-state index is 11.1. The molecule has 0 aromatic rings. The second-order valence-electron chi connectivity index (χ2n) is 7.01. The van der Waals surface area contributed by atoms with Crippen molar-refractivity contribution in [2.75, 3.05) is 7.05 Å². The zero-order valence-corrected chi connectivity index (χ0v) is 17.6. The summed E-state index contributed by atoms with van der Waals surface area (Å²) < 4.78 is 0. The molecule has 3 unspecified atom stereocenters. The molecule has 10 nitrogen and oxygen atoms in total. The SMILES string of the molecule is C/C=C(\C=C(\CCC(N)C(=O)O)C(CCCC(N)C(=O)O)=NC)CCC(N)C(=O)O. The number of carboxylic acid groups (broad SMARTS) is 3. The minimum Gasteiger partial charge on any atom is -0.480 e. The molecule has 0 aromatic heterocycles. The van der Waals surface area contributed by atoms with Crippen LogP contribution in [0.25, 0.3) is 0 Å². The number of nitrogens with two attached hydrogens (primary N) is 3. The van der Waals surface area contributed by atoms with Crippen molar-refractivity contribution in [2.24, 2.45) is 22.2 Å². The second kappa shape index (κ2) is 14.4. The lowest BCUT2D eigenvalue weighted by molar-refractivity contribution is -0.139. The van der Waals surface area contributed by atoms with Crippen LogP contribution in [0, 0.1) is 0 Å². The molecule has 10 heteroatoms. The first-order valence-corrected chi connectivity index (χ1v) is 9.80. The first-order chi connectivity index (χ1) is 14.0. The maximum absolute atomic E-state index is 11.1. The van der Waals surface area contributed by atoms with E-state index in [4.69, 9.17) is 32.5 Å². The zero-order valence-electron chi connectivity index (χ0n) is 17.6. The van der Waals surface area contributed by atoms with Crippen LogP contribution >= 0.6 is 0 Å². The summed E-state index contributed by atoms with van der Waals surface area (Å²) in [4.78, 5) is 37.2. The molecular formula is C20H34N4O6. The summed E-state index contributed by atoms with van der Waals surface area (Å²) in [7, 11) is 1.60. The molecule has 0 rings (SSSR count). The minimum atomic E-state index is -1.10. The highest BCUT2D eigenvalue weighted by Gasteiger charge is 2.17. The Morgan fingerprint density at radius 2 is 1.30 bits per heavy atom. The third-order valence-electron chi connectivity index (χ3n) is 4.72. The van der Waals surface area contributed by atoms with E-state index in [9.17, 15) is 14.4 Å². The predicted octanol–water partition coefficient (Wildman–Crippen LogP) is 0.896. The van der Waals surface area contributed by atoms with E-state index in [0.717, 1.165) is 11.1 Å². The zero-order chi connectivity index (χ0) is 23.3. The second-order valence-corrected chi connectivity index (χ2v) is 7.01. The molecule has 0 heterocycles. The van der Waals surface area contributed by atoms with E-state index in [-0.39, 0.29) is 19.3 Å². The van der Waals surface area contributed by atoms with Gasteiger partial charge in [-0.2, -0.15) is 0 Å². The van der Waals surface area contributed by atoms with Crippen molar-refractivity contribution in [1.82, 2.24) is 0 Å². The summed E-state index contributed by atoms with van der Waals surface area (Å²) in [6, 6.07) is -2.96. The Kier molecular flexibility index (Phi) is 13.2. The summed E-state index contributed by atoms with van der Waals surface area (Å²) in [6.07, 6.45) is 6.16. The lowest BCUT2D eigenvalue weighted by Gasteiger charge is -2.15. The number of hydrogen-bond acceptors (Lipinski definition) is 7. The summed E-state index contributed by atoms with van der Waals surface area (Å²) in [6.45, 7) is 1.81. The molecule has 0 aromatic carbocycles. The Bertz CT molecular complexity index is 687. The van der Waals surface area contributed by atoms with E-state index in [1.807, 2.05) is 19.1 Å². The molecule has 0 saturated carbocycles. The van der Waals surface area contributed by atoms with Crippen LogP contribution in [0.3, 0.4) is 0 Å². The highest BCUT2D eigenvalue weighted by atomic mass is 16.4. The van der Waals surface area contributed by atoms with Gasteiger partial charge in [-0.25, -0.2) is 0 Å². The summed E-state index contributed by atoms with van der Waals surface area (Å²) in [5.74, 6) is -3.25. The number of allylic oxidation sites excluding steroid dienone is 4. The van der Waals surface area contributed by atoms with Gasteiger partial charge in [0.2, 0.25) is 0 Å². The first-order valence-electron chi connectivity index (χ1n) is 9.80. The molecule has 9 N–H and O–H groups in total. The van der Waals surface area contributed by atoms with Crippen molar-refractivity contribution in [1.29, 1.82) is 0 Å². The van der Waals surface area contributed by atoms with E-state index in [1.54, 1.807) is 7.05 Å². The van der Waals surface area contributed by atoms with E-state index in [0.29, 0.717) is 31.4 Å². The highest BCUT2D eigenvalue weighted by Crippen LogP contribution is 2.19. The molecular weight excluding hydrogens is 392 g/mol. The Balaban J connectivity index is 5.43. The van der Waals surface area contributed by atoms with Gasteiger partial charge in [-0.1, -0.05) is 17.7 Å². The average molecular weight is 427 g/mol. The van der Waals surface area contributed by atoms with Crippen LogP contribution in [-0.2, 0) is 14.4 Å². The predicted molar refractivity (Wildman–Crippen MR) is 114 cm³/mol. The standard InChI is InChI=1S/C20H34N4O6/c1-3-12(7-9-15(22)19(27)28)11-13(8-10-16(23)20(29)30)17(24-2)6-4-5-14(21)18(25)26/h3,11,14-16H,4-10,21-23H2,1-2H3,(H,25,26)(H,27,28)(H,29,30)/b12-3-,13-11-,24-17?. The Hall–Kier alpha value is -2.56. The summed E-state index contributed by atoms with van der Waals surface area (Å²) in [5, 5.41) is 26.9. The average Bonchev–Trinajstić information content (AvgIpc) is 2.69. The Morgan fingerprint density at radius 3 is 1.73 bits per heavy atom. The smallest absolute Gasteiger partial charge is 0.320 e. The van der Waals surface area contributed by atoms with Gasteiger partial charge < -0.3 is 32.5 Å². The van der Waals surface area contributed by atoms with Crippen molar-refractivity contribution < 1.29 is 29.7 Å². The van der Waals surface area contributed by atoms with Crippen molar-refractivity contribution >= 4 is 23.6 Å². The molecule has 0 aliphatic rings. The van der Waals surface area contributed by atoms with Crippen LogP contribution < -0.4 is 17.2 Å². The molecule has 0 spiro atoms. The van der Waals surface area contributed by atoms with Gasteiger partial charge >= 0.3 is 17.9 Å². The van der Waals surface area contributed by atoms with Gasteiger partial charge in [-0.3, -0.25) is 19.4 Å². The number of nitrogens with zero attached hydrogens (tertiary/aromatic N) is 1. The molecule has 3 atom stereocenters. The van der Waals surface area contributed by atoms with Crippen LogP contribution in [0.15, 0.2) is 28.3 Å². The monoisotopic (exact) mass is 426 g/mol. The highest BCUT2D eigenvalue weighted by molar-refractivity contribution is 6.00. The number of carbonyl (C=O) groups is 3. The van der Waals surface area contributed by atoms with Gasteiger partial charge in [0.15, 0.2) is 0 Å². The van der Waals surface area contributed by atoms with Crippen LogP contribution in [0.4, 0.5) is 0 Å². The maximum Gasteiger partial charge on any atom is 0.320 e. The fourth-order valence-electron chi connectivity index (χ4n) is 2.73. The molecule has 0 aliphatic carbocycles. The normalized spacial score (nSPS) is 16.1. The van der Waals surface area contributed by atoms with Crippen molar-refractivity contribution in [3.8, 4) is 0 Å². The van der Waals surface area contributed by atoms with Gasteiger partial charge in [-0.05, 0) is 57.4 Å². The Labute approximate surface area is 176 Å². The van der Waals surface area contributed by atoms with Crippen LogP contribution in [-0.4, -0.2) is 64.1 Å². The molecule has 0 aliphatic heterocycles. The third-order valence-corrected chi connectivity index (χ3v) is 4.72. The lowest BCUT2D eigenvalue weighted by Crippen LogP contribution is -2.30. The molecule has 0 saturated heterocycles. The lowest BCUT2D eigenvalue weighted by atomic mass is 9.93. The van der Waals surface area contributed by atoms with Gasteiger partial charge in [0, 0.05) is 12.8 Å². The van der Waals surface area contributed by atoms with Crippen LogP contribution in [0.2, 0.25) is 0 Å². The van der Waals surface area contributed by atoms with Crippen LogP contribution in [0.5, 0.6) is 0 Å². The molecule has 0 bridgehead atoms. The van der Waals surface area contributed by atoms with E-state index in [2.05, 4.69) is 4.99 Å². The minimum absolute atomic E-state index is 0.195. The van der Waals surface area contributed by atoms with Crippen molar-refractivity contribution in [2.45, 2.75) is 70.0 Å². The van der Waals surface area contributed by atoms with Gasteiger partial charge in [0.05, 0.1) is 0 Å². The van der Waals surface area contributed by atoms with Crippen molar-refractivity contribution in [3.05, 3.63) is 23.3 Å². The van der Waals surface area contributed by atoms with Crippen molar-refractivity contribution in [3.63, 3.8) is 0 Å². The quantitative estimate of drug-likeness (QED) is 0.162. The summed E-state index contributed by atoms with van der Waals surface area (Å²) in [5.41, 5.74) is 19.1. The summed E-state index contributed by atoms with van der Waals surface area (Å²) >= 11 is 0. The Morgan fingerprint density at radius 1 is 0.833 bits per heavy atom. The van der Waals surface area contributed by atoms with Gasteiger partial charge in [0.1, 0.15) is 18.1 Å². The molecule has 0 fully saturated rings. The third kappa shape index (κ3) is 10.8. The number of aliphatic imine (C=N–C) groups is 1. The van der Waals surface area contributed by atoms with Crippen LogP contribution in [0.1, 0.15) is 51.9 Å². The molecule has 170 valence electrons. The topological polar surface area (TPSA) is 202 Å². The van der Waals surface area contributed by atoms with Gasteiger partial charge in [0.25, 0.3) is 0 Å². The number of aliphatic carboxylic acids is 3. The van der Waals surface area contributed by atoms with E-state index in [1.165, 1.54) is 0 Å². The van der Waals surface area contributed by atoms with E-state index < -0.39 is 36.0 Å². The number of rotatable bonds is 15. The number of carboxylic acids is 3. The largest absolute Gasteiger partial charge is 0.480 e. The van der Waals surface area contributed by atoms with E-state index >= 15 is 0 Å². The fraction of sp³-hybridized carbons (Fsp3) is 0.600. The molecule has 0 radical (unpaired) electrons.